The van der Waals surface area contributed by atoms with Crippen LogP contribution in [0.5, 0.6) is 5.75 Å². The molecule has 0 saturated heterocycles. The first kappa shape index (κ1) is 16.9. The molecule has 2 heterocycles. The first-order chi connectivity index (χ1) is 11.7. The molecule has 0 aliphatic rings. The lowest BCUT2D eigenvalue weighted by Gasteiger charge is -2.11. The molecule has 0 fully saturated rings. The lowest BCUT2D eigenvalue weighted by Crippen LogP contribution is -2.11. The van der Waals surface area contributed by atoms with Crippen molar-refractivity contribution in [3.63, 3.8) is 0 Å². The molecule has 8 heteroatoms. The maximum Gasteiger partial charge on any atom is 0.419 e. The number of phenolic OH excluding ortho intramolecular Hbond substituents is 1. The Labute approximate surface area is 140 Å². The van der Waals surface area contributed by atoms with Crippen LogP contribution in [0.3, 0.4) is 0 Å². The van der Waals surface area contributed by atoms with E-state index in [9.17, 15) is 23.1 Å². The highest BCUT2D eigenvalue weighted by molar-refractivity contribution is 6.09. The van der Waals surface area contributed by atoms with Crippen molar-refractivity contribution < 1.29 is 23.1 Å². The van der Waals surface area contributed by atoms with Crippen molar-refractivity contribution >= 4 is 11.6 Å². The number of rotatable bonds is 3. The highest BCUT2D eigenvalue weighted by Gasteiger charge is 2.35. The van der Waals surface area contributed by atoms with Crippen LogP contribution in [0.1, 0.15) is 39.8 Å². The van der Waals surface area contributed by atoms with E-state index in [0.717, 1.165) is 17.7 Å². The van der Waals surface area contributed by atoms with Gasteiger partial charge in [0.05, 0.1) is 11.3 Å². The number of aromatic hydroxyl groups is 1. The van der Waals surface area contributed by atoms with Gasteiger partial charge in [-0.05, 0) is 37.1 Å². The Morgan fingerprint density at radius 2 is 2.04 bits per heavy atom. The monoisotopic (exact) mass is 349 g/mol. The molecule has 0 aliphatic carbocycles. The molecule has 0 bridgehead atoms. The number of ketones is 1. The number of hydrogen-bond donors (Lipinski definition) is 1. The van der Waals surface area contributed by atoms with Crippen molar-refractivity contribution in [3.8, 4) is 5.75 Å². The van der Waals surface area contributed by atoms with Crippen molar-refractivity contribution in [1.82, 2.24) is 14.4 Å². The number of aromatic nitrogens is 3. The molecule has 0 unspecified atom stereocenters. The van der Waals surface area contributed by atoms with Gasteiger partial charge in [0.25, 0.3) is 0 Å². The number of aryl methyl sites for hydroxylation is 2. The van der Waals surface area contributed by atoms with Crippen LogP contribution in [0, 0.1) is 6.92 Å². The highest BCUT2D eigenvalue weighted by Crippen LogP contribution is 2.36. The lowest BCUT2D eigenvalue weighted by atomic mass is 10.0. The van der Waals surface area contributed by atoms with Gasteiger partial charge >= 0.3 is 6.18 Å². The van der Waals surface area contributed by atoms with Crippen LogP contribution in [0.25, 0.3) is 5.78 Å². The number of carbonyl (C=O) groups is 1. The Hall–Kier alpha value is -2.90. The molecule has 2 aromatic heterocycles. The van der Waals surface area contributed by atoms with E-state index >= 15 is 0 Å². The zero-order valence-electron chi connectivity index (χ0n) is 13.4. The Bertz CT molecular complexity index is 977. The predicted molar refractivity (Wildman–Crippen MR) is 83.6 cm³/mol. The molecule has 0 radical (unpaired) electrons. The average molecular weight is 349 g/mol. The molecule has 0 atom stereocenters. The molecule has 3 aromatic rings. The van der Waals surface area contributed by atoms with Crippen molar-refractivity contribution in [2.24, 2.45) is 0 Å². The second-order valence-electron chi connectivity index (χ2n) is 5.62. The minimum absolute atomic E-state index is 0.174. The Morgan fingerprint density at radius 3 is 2.68 bits per heavy atom. The lowest BCUT2D eigenvalue weighted by molar-refractivity contribution is -0.138. The second kappa shape index (κ2) is 5.87. The third kappa shape index (κ3) is 2.95. The maximum absolute atomic E-state index is 13.0. The summed E-state index contributed by atoms with van der Waals surface area (Å²) in [5.41, 5.74) is -0.0248. The summed E-state index contributed by atoms with van der Waals surface area (Å²) in [5, 5.41) is 9.43. The SMILES string of the molecule is CCc1nc2ncc(C)cn2c1C(=O)c1ccc(O)c(C(F)(F)F)c1. The van der Waals surface area contributed by atoms with Crippen LogP contribution in [0.2, 0.25) is 0 Å². The minimum Gasteiger partial charge on any atom is -0.507 e. The van der Waals surface area contributed by atoms with Gasteiger partial charge in [-0.3, -0.25) is 9.20 Å². The number of nitrogens with zero attached hydrogens (tertiary/aromatic N) is 3. The summed E-state index contributed by atoms with van der Waals surface area (Å²) in [7, 11) is 0. The van der Waals surface area contributed by atoms with Crippen LogP contribution < -0.4 is 0 Å². The van der Waals surface area contributed by atoms with E-state index in [4.69, 9.17) is 0 Å². The topological polar surface area (TPSA) is 67.5 Å². The molecule has 0 saturated carbocycles. The van der Waals surface area contributed by atoms with Crippen LogP contribution in [-0.4, -0.2) is 25.3 Å². The van der Waals surface area contributed by atoms with Crippen LogP contribution in [-0.2, 0) is 12.6 Å². The van der Waals surface area contributed by atoms with E-state index in [0.29, 0.717) is 24.0 Å². The quantitative estimate of drug-likeness (QED) is 0.734. The maximum atomic E-state index is 13.0. The molecule has 0 spiro atoms. The van der Waals surface area contributed by atoms with E-state index in [1.54, 1.807) is 26.2 Å². The Balaban J connectivity index is 2.19. The fraction of sp³-hybridized carbons (Fsp3) is 0.235. The zero-order valence-corrected chi connectivity index (χ0v) is 13.4. The molecular formula is C17H14F3N3O2. The minimum atomic E-state index is -4.76. The molecule has 25 heavy (non-hydrogen) atoms. The molecule has 3 rings (SSSR count). The smallest absolute Gasteiger partial charge is 0.419 e. The van der Waals surface area contributed by atoms with Gasteiger partial charge in [-0.1, -0.05) is 6.92 Å². The summed E-state index contributed by atoms with van der Waals surface area (Å²) in [6.07, 6.45) is -1.08. The largest absolute Gasteiger partial charge is 0.507 e. The summed E-state index contributed by atoms with van der Waals surface area (Å²) < 4.78 is 40.4. The first-order valence-corrected chi connectivity index (χ1v) is 7.51. The van der Waals surface area contributed by atoms with Crippen LogP contribution in [0.4, 0.5) is 13.2 Å². The molecule has 5 nitrogen and oxygen atoms in total. The predicted octanol–water partition coefficient (Wildman–Crippen LogP) is 3.56. The molecule has 130 valence electrons. The molecule has 1 N–H and O–H groups in total. The van der Waals surface area contributed by atoms with Crippen LogP contribution in [0.15, 0.2) is 30.6 Å². The summed E-state index contributed by atoms with van der Waals surface area (Å²) in [4.78, 5) is 21.3. The standard InChI is InChI=1S/C17H14F3N3O2/c1-3-12-14(23-8-9(2)7-21-16(23)22-12)15(25)10-4-5-13(24)11(6-10)17(18,19)20/h4-8,24H,3H2,1-2H3. The van der Waals surface area contributed by atoms with Gasteiger partial charge in [-0.25, -0.2) is 9.97 Å². The number of fused-ring (bicyclic) bond motifs is 1. The van der Waals surface area contributed by atoms with Crippen LogP contribution >= 0.6 is 0 Å². The molecule has 0 aliphatic heterocycles. The number of hydrogen-bond acceptors (Lipinski definition) is 4. The first-order valence-electron chi connectivity index (χ1n) is 7.51. The van der Waals surface area contributed by atoms with Gasteiger partial charge < -0.3 is 5.11 Å². The second-order valence-corrected chi connectivity index (χ2v) is 5.62. The van der Waals surface area contributed by atoms with E-state index in [-0.39, 0.29) is 11.3 Å². The van der Waals surface area contributed by atoms with Gasteiger partial charge in [-0.2, -0.15) is 13.2 Å². The summed E-state index contributed by atoms with van der Waals surface area (Å²) >= 11 is 0. The number of carbonyl (C=O) groups excluding carboxylic acids is 1. The van der Waals surface area contributed by atoms with Gasteiger partial charge in [-0.15, -0.1) is 0 Å². The number of benzene rings is 1. The fourth-order valence-corrected chi connectivity index (χ4v) is 2.60. The van der Waals surface area contributed by atoms with E-state index < -0.39 is 23.3 Å². The third-order valence-corrected chi connectivity index (χ3v) is 3.80. The highest BCUT2D eigenvalue weighted by atomic mass is 19.4. The summed E-state index contributed by atoms with van der Waals surface area (Å²) in [5.74, 6) is -1.22. The van der Waals surface area contributed by atoms with E-state index in [2.05, 4.69) is 9.97 Å². The van der Waals surface area contributed by atoms with Crippen molar-refractivity contribution in [2.75, 3.05) is 0 Å². The van der Waals surface area contributed by atoms with Gasteiger partial charge in [0.2, 0.25) is 11.6 Å². The zero-order chi connectivity index (χ0) is 18.4. The van der Waals surface area contributed by atoms with Crippen molar-refractivity contribution in [3.05, 3.63) is 58.7 Å². The number of imidazole rings is 1. The number of phenols is 1. The third-order valence-electron chi connectivity index (χ3n) is 3.80. The Kier molecular flexibility index (Phi) is 3.98. The molecule has 1 aromatic carbocycles. The molecule has 0 amide bonds. The normalized spacial score (nSPS) is 11.9. The Morgan fingerprint density at radius 1 is 1.32 bits per heavy atom. The van der Waals surface area contributed by atoms with Gasteiger partial charge in [0.15, 0.2) is 0 Å². The summed E-state index contributed by atoms with van der Waals surface area (Å²) in [6.45, 7) is 3.58. The number of halogens is 3. The molecular weight excluding hydrogens is 335 g/mol. The number of alkyl halides is 3. The van der Waals surface area contributed by atoms with Gasteiger partial charge in [0, 0.05) is 18.0 Å². The van der Waals surface area contributed by atoms with E-state index in [1.165, 1.54) is 4.40 Å². The van der Waals surface area contributed by atoms with Gasteiger partial charge in [0.1, 0.15) is 11.4 Å². The van der Waals surface area contributed by atoms with E-state index in [1.807, 2.05) is 0 Å². The van der Waals surface area contributed by atoms with Crippen molar-refractivity contribution in [1.29, 1.82) is 0 Å². The summed E-state index contributed by atoms with van der Waals surface area (Å²) in [6, 6.07) is 2.68. The fourth-order valence-electron chi connectivity index (χ4n) is 2.60. The van der Waals surface area contributed by atoms with Crippen molar-refractivity contribution in [2.45, 2.75) is 26.4 Å². The average Bonchev–Trinajstić information content (AvgIpc) is 2.91.